The second kappa shape index (κ2) is 4.96. The fourth-order valence-corrected chi connectivity index (χ4v) is 2.77. The first-order valence-corrected chi connectivity index (χ1v) is 6.35. The Morgan fingerprint density at radius 3 is 2.82 bits per heavy atom. The minimum absolute atomic E-state index is 0.646. The summed E-state index contributed by atoms with van der Waals surface area (Å²) in [5.74, 6) is 0. The largest absolute Gasteiger partial charge is 0.399 e. The molecule has 1 aliphatic heterocycles. The molecule has 0 aliphatic carbocycles. The molecule has 1 heterocycles. The van der Waals surface area contributed by atoms with Gasteiger partial charge in [-0.25, -0.2) is 0 Å². The van der Waals surface area contributed by atoms with Gasteiger partial charge in [0, 0.05) is 30.5 Å². The predicted molar refractivity (Wildman–Crippen MR) is 74.5 cm³/mol. The van der Waals surface area contributed by atoms with Crippen LogP contribution in [0.5, 0.6) is 0 Å². The van der Waals surface area contributed by atoms with Crippen molar-refractivity contribution in [3.05, 3.63) is 23.8 Å². The molecule has 2 rings (SSSR count). The number of nitrogen functional groups attached to an aromatic ring is 1. The molecule has 1 aromatic rings. The molecule has 0 bridgehead atoms. The molecular formula is C14H23N3. The predicted octanol–water partition coefficient (Wildman–Crippen LogP) is 2.11. The van der Waals surface area contributed by atoms with Crippen LogP contribution in [0.4, 0.5) is 11.4 Å². The van der Waals surface area contributed by atoms with Crippen LogP contribution in [0.3, 0.4) is 0 Å². The van der Waals surface area contributed by atoms with E-state index < -0.39 is 0 Å². The van der Waals surface area contributed by atoms with Gasteiger partial charge in [0.25, 0.3) is 0 Å². The summed E-state index contributed by atoms with van der Waals surface area (Å²) in [7, 11) is 4.29. The van der Waals surface area contributed by atoms with Crippen LogP contribution in [0.15, 0.2) is 18.2 Å². The second-order valence-corrected chi connectivity index (χ2v) is 5.30. The molecule has 0 aromatic heterocycles. The summed E-state index contributed by atoms with van der Waals surface area (Å²) in [5.41, 5.74) is 9.31. The van der Waals surface area contributed by atoms with Crippen LogP contribution in [0.25, 0.3) is 0 Å². The van der Waals surface area contributed by atoms with E-state index in [1.165, 1.54) is 30.6 Å². The van der Waals surface area contributed by atoms with Crippen LogP contribution >= 0.6 is 0 Å². The van der Waals surface area contributed by atoms with E-state index in [1.807, 2.05) is 6.07 Å². The lowest BCUT2D eigenvalue weighted by molar-refractivity contribution is 0.372. The van der Waals surface area contributed by atoms with Crippen LogP contribution in [0, 0.1) is 6.92 Å². The van der Waals surface area contributed by atoms with Crippen molar-refractivity contribution in [1.29, 1.82) is 0 Å². The maximum Gasteiger partial charge on any atom is 0.0417 e. The van der Waals surface area contributed by atoms with Gasteiger partial charge in [-0.05, 0) is 57.6 Å². The fraction of sp³-hybridized carbons (Fsp3) is 0.571. The number of nitrogens with zero attached hydrogens (tertiary/aromatic N) is 2. The number of benzene rings is 1. The van der Waals surface area contributed by atoms with E-state index in [1.54, 1.807) is 0 Å². The molecule has 3 nitrogen and oxygen atoms in total. The molecule has 0 saturated carbocycles. The third kappa shape index (κ3) is 2.72. The normalized spacial score (nSPS) is 20.2. The summed E-state index contributed by atoms with van der Waals surface area (Å²) >= 11 is 0. The van der Waals surface area contributed by atoms with E-state index in [4.69, 9.17) is 5.73 Å². The summed E-state index contributed by atoms with van der Waals surface area (Å²) in [4.78, 5) is 4.81. The molecule has 94 valence electrons. The van der Waals surface area contributed by atoms with Crippen LogP contribution in [-0.4, -0.2) is 38.1 Å². The van der Waals surface area contributed by atoms with Crippen molar-refractivity contribution in [2.24, 2.45) is 0 Å². The quantitative estimate of drug-likeness (QED) is 0.812. The maximum absolute atomic E-state index is 5.81. The molecule has 0 spiro atoms. The van der Waals surface area contributed by atoms with Gasteiger partial charge in [0.2, 0.25) is 0 Å². The zero-order chi connectivity index (χ0) is 12.4. The highest BCUT2D eigenvalue weighted by atomic mass is 15.2. The molecule has 3 heteroatoms. The Morgan fingerprint density at radius 1 is 1.41 bits per heavy atom. The first kappa shape index (κ1) is 12.2. The van der Waals surface area contributed by atoms with Gasteiger partial charge in [-0.15, -0.1) is 0 Å². The minimum Gasteiger partial charge on any atom is -0.399 e. The summed E-state index contributed by atoms with van der Waals surface area (Å²) in [6, 6.07) is 6.89. The van der Waals surface area contributed by atoms with Crippen molar-refractivity contribution < 1.29 is 0 Å². The first-order valence-electron chi connectivity index (χ1n) is 6.35. The van der Waals surface area contributed by atoms with E-state index in [-0.39, 0.29) is 0 Å². The van der Waals surface area contributed by atoms with E-state index >= 15 is 0 Å². The minimum atomic E-state index is 0.646. The Kier molecular flexibility index (Phi) is 3.57. The Bertz CT molecular complexity index is 387. The van der Waals surface area contributed by atoms with Gasteiger partial charge in [0.15, 0.2) is 0 Å². The van der Waals surface area contributed by atoms with E-state index in [9.17, 15) is 0 Å². The molecule has 1 aromatic carbocycles. The average Bonchev–Trinajstić information content (AvgIpc) is 2.65. The summed E-state index contributed by atoms with van der Waals surface area (Å²) in [6.45, 7) is 4.45. The second-order valence-electron chi connectivity index (χ2n) is 5.30. The van der Waals surface area contributed by atoms with Gasteiger partial charge in [-0.1, -0.05) is 0 Å². The molecule has 17 heavy (non-hydrogen) atoms. The third-order valence-electron chi connectivity index (χ3n) is 3.48. The van der Waals surface area contributed by atoms with E-state index in [0.717, 1.165) is 12.2 Å². The van der Waals surface area contributed by atoms with Crippen LogP contribution in [0.2, 0.25) is 0 Å². The number of rotatable bonds is 3. The maximum atomic E-state index is 5.81. The highest BCUT2D eigenvalue weighted by Gasteiger charge is 2.25. The molecule has 0 radical (unpaired) electrons. The molecule has 0 amide bonds. The number of likely N-dealkylation sites (N-methyl/N-ethyl adjacent to an activating group) is 1. The average molecular weight is 233 g/mol. The fourth-order valence-electron chi connectivity index (χ4n) is 2.77. The summed E-state index contributed by atoms with van der Waals surface area (Å²) < 4.78 is 0. The standard InChI is InChI=1S/C14H23N3/c1-11-9-12(15)6-7-14(11)17-8-4-5-13(17)10-16(2)3/h6-7,9,13H,4-5,8,10,15H2,1-3H3. The highest BCUT2D eigenvalue weighted by Crippen LogP contribution is 2.29. The zero-order valence-electron chi connectivity index (χ0n) is 11.1. The van der Waals surface area contributed by atoms with Crippen molar-refractivity contribution in [3.63, 3.8) is 0 Å². The van der Waals surface area contributed by atoms with Crippen LogP contribution in [-0.2, 0) is 0 Å². The topological polar surface area (TPSA) is 32.5 Å². The molecular weight excluding hydrogens is 210 g/mol. The lowest BCUT2D eigenvalue weighted by Crippen LogP contribution is -2.37. The van der Waals surface area contributed by atoms with Gasteiger partial charge in [0.1, 0.15) is 0 Å². The van der Waals surface area contributed by atoms with Crippen LogP contribution in [0.1, 0.15) is 18.4 Å². The van der Waals surface area contributed by atoms with Gasteiger partial charge in [-0.3, -0.25) is 0 Å². The lowest BCUT2D eigenvalue weighted by atomic mass is 10.1. The van der Waals surface area contributed by atoms with Gasteiger partial charge < -0.3 is 15.5 Å². The Balaban J connectivity index is 2.20. The summed E-state index contributed by atoms with van der Waals surface area (Å²) in [5, 5.41) is 0. The van der Waals surface area contributed by atoms with Gasteiger partial charge in [-0.2, -0.15) is 0 Å². The third-order valence-corrected chi connectivity index (χ3v) is 3.48. The summed E-state index contributed by atoms with van der Waals surface area (Å²) in [6.07, 6.45) is 2.59. The van der Waals surface area contributed by atoms with Crippen molar-refractivity contribution >= 4 is 11.4 Å². The molecule has 2 N–H and O–H groups in total. The number of hydrogen-bond acceptors (Lipinski definition) is 3. The Hall–Kier alpha value is -1.22. The SMILES string of the molecule is Cc1cc(N)ccc1N1CCCC1CN(C)C. The first-order chi connectivity index (χ1) is 8.08. The molecule has 1 atom stereocenters. The van der Waals surface area contributed by atoms with Crippen LogP contribution < -0.4 is 10.6 Å². The Morgan fingerprint density at radius 2 is 2.18 bits per heavy atom. The van der Waals surface area contributed by atoms with Crippen molar-refractivity contribution in [3.8, 4) is 0 Å². The number of hydrogen-bond donors (Lipinski definition) is 1. The molecule has 1 saturated heterocycles. The van der Waals surface area contributed by atoms with Crippen molar-refractivity contribution in [2.45, 2.75) is 25.8 Å². The number of nitrogens with two attached hydrogens (primary N) is 1. The zero-order valence-corrected chi connectivity index (χ0v) is 11.1. The molecule has 1 unspecified atom stereocenters. The molecule has 1 fully saturated rings. The van der Waals surface area contributed by atoms with Crippen molar-refractivity contribution in [2.75, 3.05) is 37.8 Å². The smallest absolute Gasteiger partial charge is 0.0417 e. The number of anilines is 2. The van der Waals surface area contributed by atoms with E-state index in [2.05, 4.69) is 43.0 Å². The Labute approximate surface area is 104 Å². The highest BCUT2D eigenvalue weighted by molar-refractivity contribution is 5.60. The number of aryl methyl sites for hydroxylation is 1. The lowest BCUT2D eigenvalue weighted by Gasteiger charge is -2.30. The van der Waals surface area contributed by atoms with Gasteiger partial charge >= 0.3 is 0 Å². The van der Waals surface area contributed by atoms with Crippen molar-refractivity contribution in [1.82, 2.24) is 4.90 Å². The van der Waals surface area contributed by atoms with Gasteiger partial charge in [0.05, 0.1) is 0 Å². The molecule has 1 aliphatic rings. The van der Waals surface area contributed by atoms with E-state index in [0.29, 0.717) is 6.04 Å². The monoisotopic (exact) mass is 233 g/mol.